The molecular formula is C20H28N4O2S2. The molecule has 0 saturated carbocycles. The molecule has 1 aliphatic heterocycles. The van der Waals surface area contributed by atoms with Crippen LogP contribution in [0.4, 0.5) is 5.82 Å². The molecule has 1 aliphatic carbocycles. The Morgan fingerprint density at radius 1 is 1.14 bits per heavy atom. The van der Waals surface area contributed by atoms with Crippen molar-refractivity contribution in [1.29, 1.82) is 0 Å². The number of aryl methyl sites for hydroxylation is 1. The molecule has 0 aromatic carbocycles. The lowest BCUT2D eigenvalue weighted by atomic mass is 9.97. The third-order valence-electron chi connectivity index (χ3n) is 5.65. The van der Waals surface area contributed by atoms with Crippen molar-refractivity contribution in [1.82, 2.24) is 14.3 Å². The Morgan fingerprint density at radius 2 is 1.96 bits per heavy atom. The summed E-state index contributed by atoms with van der Waals surface area (Å²) in [7, 11) is -3.53. The maximum Gasteiger partial charge on any atom is 0.244 e. The van der Waals surface area contributed by atoms with E-state index in [4.69, 9.17) is 0 Å². The van der Waals surface area contributed by atoms with Crippen LogP contribution < -0.4 is 5.32 Å². The number of anilines is 1. The Bertz CT molecular complexity index is 975. The minimum Gasteiger partial charge on any atom is -0.369 e. The first kappa shape index (κ1) is 19.8. The summed E-state index contributed by atoms with van der Waals surface area (Å²) in [4.78, 5) is 10.7. The third-order valence-corrected chi connectivity index (χ3v) is 8.86. The molecule has 4 rings (SSSR count). The molecule has 1 N–H and O–H groups in total. The molecule has 3 heterocycles. The molecule has 2 aromatic heterocycles. The van der Waals surface area contributed by atoms with E-state index in [1.54, 1.807) is 4.31 Å². The highest BCUT2D eigenvalue weighted by atomic mass is 32.2. The molecule has 2 aromatic rings. The Morgan fingerprint density at radius 3 is 2.71 bits per heavy atom. The lowest BCUT2D eigenvalue weighted by molar-refractivity contribution is 0.347. The molecule has 8 heteroatoms. The van der Waals surface area contributed by atoms with Crippen molar-refractivity contribution in [2.24, 2.45) is 0 Å². The Balaban J connectivity index is 1.63. The van der Waals surface area contributed by atoms with Gasteiger partial charge in [-0.15, -0.1) is 11.3 Å². The summed E-state index contributed by atoms with van der Waals surface area (Å²) in [6.07, 6.45) is 12.7. The van der Waals surface area contributed by atoms with E-state index in [0.29, 0.717) is 29.2 Å². The number of sulfonamides is 1. The number of aromatic nitrogens is 2. The molecule has 1 fully saturated rings. The minimum absolute atomic E-state index is 0.398. The Labute approximate surface area is 171 Å². The molecule has 2 aliphatic rings. The van der Waals surface area contributed by atoms with Crippen LogP contribution in [0.5, 0.6) is 0 Å². The zero-order valence-electron chi connectivity index (χ0n) is 16.4. The van der Waals surface area contributed by atoms with Crippen LogP contribution in [0.15, 0.2) is 22.9 Å². The second kappa shape index (κ2) is 8.47. The predicted octanol–water partition coefficient (Wildman–Crippen LogP) is 4.48. The van der Waals surface area contributed by atoms with Crippen LogP contribution in [-0.4, -0.2) is 42.3 Å². The van der Waals surface area contributed by atoms with E-state index >= 15 is 0 Å². The van der Waals surface area contributed by atoms with Crippen LogP contribution in [0.2, 0.25) is 0 Å². The van der Waals surface area contributed by atoms with Crippen molar-refractivity contribution >= 4 is 37.4 Å². The van der Waals surface area contributed by atoms with Crippen LogP contribution in [0.3, 0.4) is 0 Å². The minimum atomic E-state index is -3.53. The fraction of sp³-hybridized carbons (Fsp3) is 0.600. The summed E-state index contributed by atoms with van der Waals surface area (Å²) in [6, 6.07) is 0. The van der Waals surface area contributed by atoms with E-state index in [1.807, 2.05) is 6.92 Å². The lowest BCUT2D eigenvalue weighted by Crippen LogP contribution is -2.35. The SMILES string of the molecule is Cc1sc2ncnc(NCCC3=CCCCC3)c2c1S(=O)(=O)N1CCCCC1. The zero-order valence-corrected chi connectivity index (χ0v) is 18.0. The maximum atomic E-state index is 13.4. The van der Waals surface area contributed by atoms with Gasteiger partial charge in [-0.2, -0.15) is 4.31 Å². The van der Waals surface area contributed by atoms with Crippen molar-refractivity contribution in [2.45, 2.75) is 63.2 Å². The van der Waals surface area contributed by atoms with Gasteiger partial charge in [0.2, 0.25) is 10.0 Å². The number of nitrogens with one attached hydrogen (secondary N) is 1. The van der Waals surface area contributed by atoms with E-state index in [1.165, 1.54) is 48.9 Å². The molecule has 6 nitrogen and oxygen atoms in total. The number of nitrogens with zero attached hydrogens (tertiary/aromatic N) is 3. The summed E-state index contributed by atoms with van der Waals surface area (Å²) in [6.45, 7) is 3.84. The molecular weight excluding hydrogens is 392 g/mol. The first-order chi connectivity index (χ1) is 13.6. The highest BCUT2D eigenvalue weighted by Crippen LogP contribution is 2.38. The van der Waals surface area contributed by atoms with Crippen LogP contribution in [0, 0.1) is 6.92 Å². The van der Waals surface area contributed by atoms with Gasteiger partial charge in [-0.1, -0.05) is 18.1 Å². The number of piperidine rings is 1. The van der Waals surface area contributed by atoms with E-state index in [-0.39, 0.29) is 0 Å². The summed E-state index contributed by atoms with van der Waals surface area (Å²) in [5.74, 6) is 0.640. The lowest BCUT2D eigenvalue weighted by Gasteiger charge is -2.26. The van der Waals surface area contributed by atoms with Crippen molar-refractivity contribution in [2.75, 3.05) is 25.0 Å². The van der Waals surface area contributed by atoms with Crippen molar-refractivity contribution in [3.05, 3.63) is 22.9 Å². The van der Waals surface area contributed by atoms with Crippen LogP contribution in [0.25, 0.3) is 10.2 Å². The molecule has 0 spiro atoms. The van der Waals surface area contributed by atoms with E-state index in [0.717, 1.165) is 41.9 Å². The van der Waals surface area contributed by atoms with Crippen molar-refractivity contribution in [3.8, 4) is 0 Å². The van der Waals surface area contributed by atoms with Crippen LogP contribution in [0.1, 0.15) is 56.2 Å². The van der Waals surface area contributed by atoms with Gasteiger partial charge in [0.25, 0.3) is 0 Å². The number of hydrogen-bond donors (Lipinski definition) is 1. The van der Waals surface area contributed by atoms with Gasteiger partial charge in [0.05, 0.1) is 5.39 Å². The number of rotatable bonds is 6. The van der Waals surface area contributed by atoms with Gasteiger partial charge in [0.1, 0.15) is 21.9 Å². The Hall–Kier alpha value is -1.51. The molecule has 152 valence electrons. The number of hydrogen-bond acceptors (Lipinski definition) is 6. The highest BCUT2D eigenvalue weighted by molar-refractivity contribution is 7.89. The number of thiophene rings is 1. The van der Waals surface area contributed by atoms with Crippen LogP contribution in [-0.2, 0) is 10.0 Å². The summed E-state index contributed by atoms with van der Waals surface area (Å²) < 4.78 is 28.4. The summed E-state index contributed by atoms with van der Waals surface area (Å²) in [5, 5.41) is 4.06. The molecule has 0 amide bonds. The number of allylic oxidation sites excluding steroid dienone is 1. The molecule has 0 unspecified atom stereocenters. The summed E-state index contributed by atoms with van der Waals surface area (Å²) in [5.41, 5.74) is 1.49. The second-order valence-corrected chi connectivity index (χ2v) is 10.7. The summed E-state index contributed by atoms with van der Waals surface area (Å²) >= 11 is 1.44. The zero-order chi connectivity index (χ0) is 19.6. The van der Waals surface area contributed by atoms with Crippen LogP contribution >= 0.6 is 11.3 Å². The molecule has 0 bridgehead atoms. The molecule has 1 saturated heterocycles. The van der Waals surface area contributed by atoms with Gasteiger partial charge >= 0.3 is 0 Å². The first-order valence-corrected chi connectivity index (χ1v) is 12.5. The normalized spacial score (nSPS) is 19.0. The molecule has 28 heavy (non-hydrogen) atoms. The second-order valence-electron chi connectivity index (χ2n) is 7.64. The van der Waals surface area contributed by atoms with Gasteiger partial charge in [-0.3, -0.25) is 0 Å². The highest BCUT2D eigenvalue weighted by Gasteiger charge is 2.32. The standard InChI is InChI=1S/C20H28N4O2S2/c1-15-18(28(25,26)24-12-6-3-7-13-24)17-19(22-14-23-20(17)27-15)21-11-10-16-8-4-2-5-9-16/h8,14H,2-7,9-13H2,1H3,(H,21,22,23). The largest absolute Gasteiger partial charge is 0.369 e. The molecule has 0 atom stereocenters. The van der Waals surface area contributed by atoms with Gasteiger partial charge in [-0.25, -0.2) is 18.4 Å². The first-order valence-electron chi connectivity index (χ1n) is 10.2. The van der Waals surface area contributed by atoms with Crippen molar-refractivity contribution in [3.63, 3.8) is 0 Å². The smallest absolute Gasteiger partial charge is 0.244 e. The number of fused-ring (bicyclic) bond motifs is 1. The quantitative estimate of drug-likeness (QED) is 0.698. The average Bonchev–Trinajstić information content (AvgIpc) is 3.07. The topological polar surface area (TPSA) is 75.2 Å². The molecule has 0 radical (unpaired) electrons. The monoisotopic (exact) mass is 420 g/mol. The Kier molecular flexibility index (Phi) is 5.99. The van der Waals surface area contributed by atoms with E-state index in [2.05, 4.69) is 21.4 Å². The average molecular weight is 421 g/mol. The van der Waals surface area contributed by atoms with E-state index in [9.17, 15) is 8.42 Å². The predicted molar refractivity (Wildman–Crippen MR) is 114 cm³/mol. The third kappa shape index (κ3) is 3.95. The van der Waals surface area contributed by atoms with Gasteiger partial charge in [0, 0.05) is 24.5 Å². The van der Waals surface area contributed by atoms with E-state index < -0.39 is 10.0 Å². The fourth-order valence-corrected chi connectivity index (χ4v) is 7.37. The fourth-order valence-electron chi connectivity index (χ4n) is 4.17. The van der Waals surface area contributed by atoms with Crippen molar-refractivity contribution < 1.29 is 8.42 Å². The van der Waals surface area contributed by atoms with Gasteiger partial charge in [-0.05, 0) is 51.9 Å². The maximum absolute atomic E-state index is 13.4. The van der Waals surface area contributed by atoms with Gasteiger partial charge < -0.3 is 5.32 Å². The van der Waals surface area contributed by atoms with Gasteiger partial charge in [0.15, 0.2) is 0 Å².